The molecule has 0 unspecified atom stereocenters. The van der Waals surface area contributed by atoms with Crippen LogP contribution in [0.1, 0.15) is 48.1 Å². The minimum atomic E-state index is -0.926. The summed E-state index contributed by atoms with van der Waals surface area (Å²) in [7, 11) is 0. The highest BCUT2D eigenvalue weighted by Crippen LogP contribution is 2.47. The molecule has 2 rings (SSSR count). The summed E-state index contributed by atoms with van der Waals surface area (Å²) in [4.78, 5) is 10.8. The van der Waals surface area contributed by atoms with Gasteiger partial charge in [-0.1, -0.05) is 6.92 Å². The molecule has 4 nitrogen and oxygen atoms in total. The van der Waals surface area contributed by atoms with Crippen molar-refractivity contribution in [3.63, 3.8) is 0 Å². The largest absolute Gasteiger partial charge is 0.478 e. The van der Waals surface area contributed by atoms with Gasteiger partial charge in [0, 0.05) is 6.54 Å². The Hall–Kier alpha value is -1.29. The monoisotopic (exact) mass is 237 g/mol. The Kier molecular flexibility index (Phi) is 3.24. The van der Waals surface area contributed by atoms with Gasteiger partial charge in [0.05, 0.1) is 6.54 Å². The highest BCUT2D eigenvalue weighted by atomic mass is 16.4. The predicted octanol–water partition coefficient (Wildman–Crippen LogP) is 2.57. The van der Waals surface area contributed by atoms with Crippen LogP contribution >= 0.6 is 0 Å². The molecule has 0 aromatic carbocycles. The molecule has 1 fully saturated rings. The smallest absolute Gasteiger partial charge is 0.339 e. The van der Waals surface area contributed by atoms with Crippen molar-refractivity contribution in [2.45, 2.75) is 39.7 Å². The first-order valence-corrected chi connectivity index (χ1v) is 6.10. The second-order valence-electron chi connectivity index (χ2n) is 4.94. The fourth-order valence-electron chi connectivity index (χ4n) is 2.13. The summed E-state index contributed by atoms with van der Waals surface area (Å²) in [5, 5.41) is 12.2. The molecule has 0 amide bonds. The first-order chi connectivity index (χ1) is 8.06. The van der Waals surface area contributed by atoms with Crippen molar-refractivity contribution in [2.24, 2.45) is 5.41 Å². The zero-order valence-corrected chi connectivity index (χ0v) is 10.4. The third-order valence-corrected chi connectivity index (χ3v) is 3.71. The minimum absolute atomic E-state index is 0.262. The summed E-state index contributed by atoms with van der Waals surface area (Å²) in [6.07, 6.45) is 3.81. The fraction of sp³-hybridized carbons (Fsp3) is 0.615. The summed E-state index contributed by atoms with van der Waals surface area (Å²) in [6.45, 7) is 5.50. The number of carboxylic acid groups (broad SMARTS) is 1. The van der Waals surface area contributed by atoms with Gasteiger partial charge in [-0.3, -0.25) is 0 Å². The molecule has 0 spiro atoms. The van der Waals surface area contributed by atoms with Gasteiger partial charge in [-0.05, 0) is 37.7 Å². The van der Waals surface area contributed by atoms with E-state index in [4.69, 9.17) is 9.52 Å². The number of carbonyl (C=O) groups is 1. The third kappa shape index (κ3) is 2.69. The number of aryl methyl sites for hydroxylation is 1. The zero-order chi connectivity index (χ0) is 12.5. The highest BCUT2D eigenvalue weighted by molar-refractivity contribution is 5.88. The van der Waals surface area contributed by atoms with Crippen molar-refractivity contribution >= 4 is 5.97 Å². The van der Waals surface area contributed by atoms with Gasteiger partial charge >= 0.3 is 5.97 Å². The molecule has 17 heavy (non-hydrogen) atoms. The van der Waals surface area contributed by atoms with E-state index in [1.54, 1.807) is 13.0 Å². The van der Waals surface area contributed by atoms with Gasteiger partial charge in [0.2, 0.25) is 0 Å². The number of nitrogens with one attached hydrogen (secondary N) is 1. The van der Waals surface area contributed by atoms with E-state index in [1.165, 1.54) is 19.3 Å². The number of rotatable bonds is 6. The zero-order valence-electron chi connectivity index (χ0n) is 10.4. The maximum atomic E-state index is 10.8. The van der Waals surface area contributed by atoms with Crippen LogP contribution in [0.5, 0.6) is 0 Å². The number of hydrogen-bond acceptors (Lipinski definition) is 3. The number of furan rings is 1. The Bertz CT molecular complexity index is 418. The van der Waals surface area contributed by atoms with E-state index in [0.29, 0.717) is 23.5 Å². The Labute approximate surface area is 101 Å². The molecule has 94 valence electrons. The number of aromatic carboxylic acids is 1. The van der Waals surface area contributed by atoms with Gasteiger partial charge in [0.1, 0.15) is 17.1 Å². The third-order valence-electron chi connectivity index (χ3n) is 3.71. The van der Waals surface area contributed by atoms with Gasteiger partial charge in [-0.25, -0.2) is 4.79 Å². The lowest BCUT2D eigenvalue weighted by atomic mass is 10.0. The van der Waals surface area contributed by atoms with E-state index < -0.39 is 5.97 Å². The lowest BCUT2D eigenvalue weighted by molar-refractivity contribution is 0.0695. The van der Waals surface area contributed by atoms with Crippen LogP contribution in [-0.2, 0) is 6.54 Å². The van der Waals surface area contributed by atoms with Crippen LogP contribution in [0, 0.1) is 12.3 Å². The summed E-state index contributed by atoms with van der Waals surface area (Å²) in [5.74, 6) is 0.252. The standard InChI is InChI=1S/C13H19NO3/c1-3-13(4-5-13)8-14-7-10-6-11(12(15)16)9(2)17-10/h6,14H,3-5,7-8H2,1-2H3,(H,15,16). The van der Waals surface area contributed by atoms with Gasteiger partial charge in [0.25, 0.3) is 0 Å². The van der Waals surface area contributed by atoms with Crippen LogP contribution in [0.15, 0.2) is 10.5 Å². The number of hydrogen-bond donors (Lipinski definition) is 2. The summed E-state index contributed by atoms with van der Waals surface area (Å²) in [6, 6.07) is 1.61. The average molecular weight is 237 g/mol. The Morgan fingerprint density at radius 2 is 2.29 bits per heavy atom. The van der Waals surface area contributed by atoms with E-state index in [2.05, 4.69) is 12.2 Å². The maximum Gasteiger partial charge on any atom is 0.339 e. The molecule has 4 heteroatoms. The van der Waals surface area contributed by atoms with E-state index in [0.717, 1.165) is 6.54 Å². The summed E-state index contributed by atoms with van der Waals surface area (Å²) >= 11 is 0. The molecule has 0 atom stereocenters. The topological polar surface area (TPSA) is 62.5 Å². The van der Waals surface area contributed by atoms with Crippen molar-refractivity contribution in [3.8, 4) is 0 Å². The van der Waals surface area contributed by atoms with Crippen molar-refractivity contribution < 1.29 is 14.3 Å². The van der Waals surface area contributed by atoms with E-state index >= 15 is 0 Å². The normalized spacial score (nSPS) is 17.1. The molecule has 1 aromatic heterocycles. The molecule has 1 heterocycles. The van der Waals surface area contributed by atoms with E-state index in [-0.39, 0.29) is 5.56 Å². The van der Waals surface area contributed by atoms with Crippen LogP contribution in [0.4, 0.5) is 0 Å². The van der Waals surface area contributed by atoms with Crippen LogP contribution in [0.25, 0.3) is 0 Å². The van der Waals surface area contributed by atoms with Crippen LogP contribution in [-0.4, -0.2) is 17.6 Å². The molecule has 1 aromatic rings. The van der Waals surface area contributed by atoms with Gasteiger partial charge in [-0.2, -0.15) is 0 Å². The van der Waals surface area contributed by atoms with Gasteiger partial charge in [0.15, 0.2) is 0 Å². The Balaban J connectivity index is 1.87. The first kappa shape index (κ1) is 12.2. The van der Waals surface area contributed by atoms with Crippen LogP contribution in [0.2, 0.25) is 0 Å². The lowest BCUT2D eigenvalue weighted by Crippen LogP contribution is -2.22. The molecular weight excluding hydrogens is 218 g/mol. The van der Waals surface area contributed by atoms with Crippen molar-refractivity contribution in [1.82, 2.24) is 5.32 Å². The highest BCUT2D eigenvalue weighted by Gasteiger charge is 2.39. The molecular formula is C13H19NO3. The molecule has 0 saturated heterocycles. The van der Waals surface area contributed by atoms with Crippen molar-refractivity contribution in [2.75, 3.05) is 6.54 Å². The average Bonchev–Trinajstić information content (AvgIpc) is 2.96. The second kappa shape index (κ2) is 4.53. The maximum absolute atomic E-state index is 10.8. The first-order valence-electron chi connectivity index (χ1n) is 6.10. The summed E-state index contributed by atoms with van der Waals surface area (Å²) < 4.78 is 5.40. The van der Waals surface area contributed by atoms with Gasteiger partial charge < -0.3 is 14.8 Å². The molecule has 0 radical (unpaired) electrons. The Morgan fingerprint density at radius 1 is 1.59 bits per heavy atom. The lowest BCUT2D eigenvalue weighted by Gasteiger charge is -2.12. The number of carboxylic acids is 1. The fourth-order valence-corrected chi connectivity index (χ4v) is 2.13. The van der Waals surface area contributed by atoms with E-state index in [9.17, 15) is 4.79 Å². The van der Waals surface area contributed by atoms with Crippen molar-refractivity contribution in [1.29, 1.82) is 0 Å². The molecule has 1 aliphatic carbocycles. The Morgan fingerprint density at radius 3 is 2.76 bits per heavy atom. The second-order valence-corrected chi connectivity index (χ2v) is 4.94. The van der Waals surface area contributed by atoms with Crippen molar-refractivity contribution in [3.05, 3.63) is 23.2 Å². The molecule has 1 saturated carbocycles. The SMILES string of the molecule is CCC1(CNCc2cc(C(=O)O)c(C)o2)CC1. The quantitative estimate of drug-likeness (QED) is 0.798. The molecule has 2 N–H and O–H groups in total. The van der Waals surface area contributed by atoms with Crippen LogP contribution < -0.4 is 5.32 Å². The van der Waals surface area contributed by atoms with Gasteiger partial charge in [-0.15, -0.1) is 0 Å². The molecule has 1 aliphatic rings. The predicted molar refractivity (Wildman–Crippen MR) is 64.1 cm³/mol. The summed E-state index contributed by atoms with van der Waals surface area (Å²) in [5.41, 5.74) is 0.760. The molecule has 0 aliphatic heterocycles. The van der Waals surface area contributed by atoms with E-state index in [1.807, 2.05) is 0 Å². The molecule has 0 bridgehead atoms. The minimum Gasteiger partial charge on any atom is -0.478 e. The van der Waals surface area contributed by atoms with Crippen LogP contribution in [0.3, 0.4) is 0 Å².